The number of aromatic nitrogens is 5. The summed E-state index contributed by atoms with van der Waals surface area (Å²) in [6.45, 7) is 3.89. The van der Waals surface area contributed by atoms with Crippen LogP contribution in [0.5, 0.6) is 0 Å². The Kier molecular flexibility index (Phi) is 6.02. The SMILES string of the molecule is CC(C)(O)CNc1nc(Nc2cnc(F)c(F)c2)nc(-c2cccc(C(C)(F)F)n2)n1. The zero-order valence-corrected chi connectivity index (χ0v) is 16.8. The second kappa shape index (κ2) is 8.38. The van der Waals surface area contributed by atoms with Crippen LogP contribution < -0.4 is 10.6 Å². The van der Waals surface area contributed by atoms with E-state index in [1.54, 1.807) is 13.8 Å². The summed E-state index contributed by atoms with van der Waals surface area (Å²) in [4.78, 5) is 19.6. The van der Waals surface area contributed by atoms with Crippen molar-refractivity contribution in [3.05, 3.63) is 47.9 Å². The van der Waals surface area contributed by atoms with E-state index in [0.717, 1.165) is 12.3 Å². The Morgan fingerprint density at radius 1 is 1.00 bits per heavy atom. The number of nitrogens with one attached hydrogen (secondary N) is 2. The molecular weight excluding hydrogens is 418 g/mol. The lowest BCUT2D eigenvalue weighted by molar-refractivity contribution is 0.0129. The summed E-state index contributed by atoms with van der Waals surface area (Å²) in [5, 5.41) is 15.4. The Labute approximate surface area is 174 Å². The minimum atomic E-state index is -3.18. The summed E-state index contributed by atoms with van der Waals surface area (Å²) in [7, 11) is 0. The zero-order chi connectivity index (χ0) is 22.8. The van der Waals surface area contributed by atoms with Gasteiger partial charge in [0.05, 0.1) is 17.5 Å². The Hall–Kier alpha value is -3.41. The van der Waals surface area contributed by atoms with Crippen LogP contribution >= 0.6 is 0 Å². The van der Waals surface area contributed by atoms with Crippen molar-refractivity contribution in [2.75, 3.05) is 17.2 Å². The quantitative estimate of drug-likeness (QED) is 0.380. The molecule has 3 heterocycles. The molecule has 0 aliphatic heterocycles. The van der Waals surface area contributed by atoms with Gasteiger partial charge in [-0.15, -0.1) is 0 Å². The monoisotopic (exact) mass is 437 g/mol. The van der Waals surface area contributed by atoms with Gasteiger partial charge in [-0.25, -0.2) is 14.4 Å². The summed E-state index contributed by atoms with van der Waals surface area (Å²) in [5.41, 5.74) is -1.49. The molecule has 3 rings (SSSR count). The van der Waals surface area contributed by atoms with Gasteiger partial charge in [0.2, 0.25) is 17.8 Å². The molecule has 0 aliphatic carbocycles. The van der Waals surface area contributed by atoms with E-state index in [-0.39, 0.29) is 35.6 Å². The first-order valence-electron chi connectivity index (χ1n) is 9.07. The summed E-state index contributed by atoms with van der Waals surface area (Å²) in [6.07, 6.45) is 1.03. The molecule has 0 radical (unpaired) electrons. The van der Waals surface area contributed by atoms with Gasteiger partial charge in [0.1, 0.15) is 11.4 Å². The molecule has 0 aromatic carbocycles. The average molecular weight is 437 g/mol. The number of halogens is 4. The van der Waals surface area contributed by atoms with E-state index in [1.165, 1.54) is 18.2 Å². The van der Waals surface area contributed by atoms with Crippen LogP contribution in [-0.2, 0) is 5.92 Å². The first kappa shape index (κ1) is 22.3. The van der Waals surface area contributed by atoms with Gasteiger partial charge in [0.25, 0.3) is 5.92 Å². The maximum absolute atomic E-state index is 13.7. The average Bonchev–Trinajstić information content (AvgIpc) is 2.68. The highest BCUT2D eigenvalue weighted by Gasteiger charge is 2.26. The Morgan fingerprint density at radius 2 is 1.71 bits per heavy atom. The van der Waals surface area contributed by atoms with Crippen LogP contribution in [-0.4, -0.2) is 42.2 Å². The molecule has 0 atom stereocenters. The molecule has 0 bridgehead atoms. The van der Waals surface area contributed by atoms with Crippen molar-refractivity contribution < 1.29 is 22.7 Å². The fraction of sp³-hybridized carbons (Fsp3) is 0.316. The van der Waals surface area contributed by atoms with Gasteiger partial charge in [0, 0.05) is 19.5 Å². The van der Waals surface area contributed by atoms with Crippen LogP contribution in [0.3, 0.4) is 0 Å². The van der Waals surface area contributed by atoms with Gasteiger partial charge in [0.15, 0.2) is 11.6 Å². The lowest BCUT2D eigenvalue weighted by Gasteiger charge is -2.18. The van der Waals surface area contributed by atoms with Crippen molar-refractivity contribution in [3.8, 4) is 11.5 Å². The number of aliphatic hydroxyl groups is 1. The second-order valence-corrected chi connectivity index (χ2v) is 7.39. The third kappa shape index (κ3) is 6.04. The summed E-state index contributed by atoms with van der Waals surface area (Å²) >= 11 is 0. The lowest BCUT2D eigenvalue weighted by Crippen LogP contribution is -2.30. The van der Waals surface area contributed by atoms with Gasteiger partial charge in [-0.2, -0.15) is 28.1 Å². The van der Waals surface area contributed by atoms with Crippen molar-refractivity contribution in [1.29, 1.82) is 0 Å². The van der Waals surface area contributed by atoms with E-state index in [9.17, 15) is 22.7 Å². The molecule has 0 spiro atoms. The number of pyridine rings is 2. The largest absolute Gasteiger partial charge is 0.389 e. The number of alkyl halides is 2. The van der Waals surface area contributed by atoms with E-state index in [2.05, 4.69) is 35.6 Å². The van der Waals surface area contributed by atoms with Crippen molar-refractivity contribution in [1.82, 2.24) is 24.9 Å². The van der Waals surface area contributed by atoms with E-state index in [4.69, 9.17) is 0 Å². The fourth-order valence-electron chi connectivity index (χ4n) is 2.34. The Morgan fingerprint density at radius 3 is 2.35 bits per heavy atom. The molecule has 0 saturated carbocycles. The number of hydrogen-bond acceptors (Lipinski definition) is 8. The van der Waals surface area contributed by atoms with E-state index in [0.29, 0.717) is 6.92 Å². The van der Waals surface area contributed by atoms with E-state index >= 15 is 0 Å². The van der Waals surface area contributed by atoms with Crippen LogP contribution in [0.15, 0.2) is 30.5 Å². The van der Waals surface area contributed by atoms with Gasteiger partial charge in [-0.3, -0.25) is 0 Å². The molecular formula is C19H19F4N7O. The summed E-state index contributed by atoms with van der Waals surface area (Å²) in [5.74, 6) is -5.79. The molecule has 0 saturated heterocycles. The highest BCUT2D eigenvalue weighted by Crippen LogP contribution is 2.27. The third-order valence-electron chi connectivity index (χ3n) is 3.79. The predicted molar refractivity (Wildman–Crippen MR) is 105 cm³/mol. The standard InChI is InChI=1S/C19H19F4N7O/c1-18(2,31)9-25-16-28-15(12-5-4-6-13(27-12)19(3,22)23)29-17(30-16)26-10-7-11(20)14(21)24-8-10/h4-8,31H,9H2,1-3H3,(H2,25,26,28,29,30). The molecule has 3 aromatic rings. The summed E-state index contributed by atoms with van der Waals surface area (Å²) in [6, 6.07) is 4.85. The molecule has 12 heteroatoms. The molecule has 0 aliphatic rings. The van der Waals surface area contributed by atoms with Gasteiger partial charge in [-0.05, 0) is 26.0 Å². The molecule has 3 N–H and O–H groups in total. The van der Waals surface area contributed by atoms with Gasteiger partial charge in [-0.1, -0.05) is 6.07 Å². The molecule has 0 amide bonds. The maximum Gasteiger partial charge on any atom is 0.286 e. The van der Waals surface area contributed by atoms with Crippen molar-refractivity contribution in [2.45, 2.75) is 32.3 Å². The number of rotatable bonds is 7. The number of hydrogen-bond donors (Lipinski definition) is 3. The summed E-state index contributed by atoms with van der Waals surface area (Å²) < 4.78 is 53.9. The van der Waals surface area contributed by atoms with Gasteiger partial charge >= 0.3 is 0 Å². The topological polar surface area (TPSA) is 109 Å². The van der Waals surface area contributed by atoms with Crippen LogP contribution in [0.25, 0.3) is 11.5 Å². The molecule has 0 fully saturated rings. The maximum atomic E-state index is 13.7. The third-order valence-corrected chi connectivity index (χ3v) is 3.79. The van der Waals surface area contributed by atoms with Crippen molar-refractivity contribution >= 4 is 17.6 Å². The molecule has 3 aromatic heterocycles. The Bertz CT molecular complexity index is 1080. The van der Waals surface area contributed by atoms with E-state index < -0.39 is 29.0 Å². The van der Waals surface area contributed by atoms with E-state index in [1.807, 2.05) is 0 Å². The first-order valence-corrected chi connectivity index (χ1v) is 9.07. The van der Waals surface area contributed by atoms with Crippen molar-refractivity contribution in [2.24, 2.45) is 0 Å². The number of anilines is 3. The predicted octanol–water partition coefficient (Wildman–Crippen LogP) is 3.64. The molecule has 0 unspecified atom stereocenters. The minimum Gasteiger partial charge on any atom is -0.389 e. The molecule has 8 nitrogen and oxygen atoms in total. The lowest BCUT2D eigenvalue weighted by atomic mass is 10.1. The molecule has 31 heavy (non-hydrogen) atoms. The van der Waals surface area contributed by atoms with Crippen LogP contribution in [0.4, 0.5) is 35.1 Å². The van der Waals surface area contributed by atoms with Crippen LogP contribution in [0, 0.1) is 11.8 Å². The number of nitrogens with zero attached hydrogens (tertiary/aromatic N) is 5. The normalized spacial score (nSPS) is 12.0. The fourth-order valence-corrected chi connectivity index (χ4v) is 2.34. The second-order valence-electron chi connectivity index (χ2n) is 7.39. The van der Waals surface area contributed by atoms with Gasteiger partial charge < -0.3 is 15.7 Å². The Balaban J connectivity index is 2.01. The highest BCUT2D eigenvalue weighted by atomic mass is 19.3. The smallest absolute Gasteiger partial charge is 0.286 e. The van der Waals surface area contributed by atoms with Crippen LogP contribution in [0.2, 0.25) is 0 Å². The zero-order valence-electron chi connectivity index (χ0n) is 16.8. The van der Waals surface area contributed by atoms with Crippen molar-refractivity contribution in [3.63, 3.8) is 0 Å². The van der Waals surface area contributed by atoms with Crippen LogP contribution in [0.1, 0.15) is 26.5 Å². The molecule has 164 valence electrons. The highest BCUT2D eigenvalue weighted by molar-refractivity contribution is 5.58. The first-order chi connectivity index (χ1) is 14.4. The minimum absolute atomic E-state index is 0.000583.